The van der Waals surface area contributed by atoms with Gasteiger partial charge in [0, 0.05) is 4.47 Å². The number of hydrogen-bond donors (Lipinski definition) is 2. The van der Waals surface area contributed by atoms with Gasteiger partial charge in [0.1, 0.15) is 0 Å². The van der Waals surface area contributed by atoms with Crippen LogP contribution >= 0.6 is 27.5 Å². The molecule has 0 unspecified atom stereocenters. The smallest absolute Gasteiger partial charge is 0.0792 e. The van der Waals surface area contributed by atoms with E-state index >= 15 is 0 Å². The number of nitrogens with two attached hydrogens (primary N) is 1. The molecule has 0 heterocycles. The van der Waals surface area contributed by atoms with Crippen molar-refractivity contribution in [2.45, 2.75) is 0 Å². The Balaban J connectivity index is 3.14. The van der Waals surface area contributed by atoms with E-state index in [9.17, 15) is 0 Å². The summed E-state index contributed by atoms with van der Waals surface area (Å²) in [6, 6.07) is 5.50. The molecule has 0 aliphatic carbocycles. The summed E-state index contributed by atoms with van der Waals surface area (Å²) in [5.41, 5.74) is 3.19. The van der Waals surface area contributed by atoms with Crippen LogP contribution in [0.5, 0.6) is 0 Å². The second-order valence-electron chi connectivity index (χ2n) is 1.75. The minimum absolute atomic E-state index is 0.602. The highest BCUT2D eigenvalue weighted by molar-refractivity contribution is 9.10. The molecule has 1 aromatic rings. The zero-order valence-corrected chi connectivity index (χ0v) is 7.41. The van der Waals surface area contributed by atoms with E-state index in [1.54, 1.807) is 6.07 Å². The van der Waals surface area contributed by atoms with E-state index in [2.05, 4.69) is 21.4 Å². The Morgan fingerprint density at radius 3 is 2.70 bits per heavy atom. The Labute approximate surface area is 72.5 Å². The largest absolute Gasteiger partial charge is 0.323 e. The molecule has 0 aromatic heterocycles. The fourth-order valence-corrected chi connectivity index (χ4v) is 1.16. The number of nitrogen functional groups attached to an aromatic ring is 1. The molecular formula is C6H6BrClN2. The maximum atomic E-state index is 5.80. The van der Waals surface area contributed by atoms with Crippen LogP contribution < -0.4 is 11.3 Å². The fraction of sp³-hybridized carbons (Fsp3) is 0. The van der Waals surface area contributed by atoms with Crippen LogP contribution in [0.25, 0.3) is 0 Å². The predicted molar refractivity (Wildman–Crippen MR) is 47.0 cm³/mol. The van der Waals surface area contributed by atoms with E-state index < -0.39 is 0 Å². The molecule has 0 aliphatic rings. The zero-order valence-electron chi connectivity index (χ0n) is 5.07. The molecule has 1 rings (SSSR count). The quantitative estimate of drug-likeness (QED) is 0.564. The van der Waals surface area contributed by atoms with E-state index in [0.29, 0.717) is 5.02 Å². The Hall–Kier alpha value is -0.250. The van der Waals surface area contributed by atoms with Gasteiger partial charge >= 0.3 is 0 Å². The van der Waals surface area contributed by atoms with Gasteiger partial charge in [-0.05, 0) is 28.1 Å². The summed E-state index contributed by atoms with van der Waals surface area (Å²) >= 11 is 9.06. The van der Waals surface area contributed by atoms with Crippen LogP contribution in [0, 0.1) is 0 Å². The Bertz CT molecular complexity index is 239. The Kier molecular flexibility index (Phi) is 2.54. The van der Waals surface area contributed by atoms with Crippen molar-refractivity contribution in [3.63, 3.8) is 0 Å². The molecule has 54 valence electrons. The van der Waals surface area contributed by atoms with Crippen molar-refractivity contribution in [3.05, 3.63) is 27.7 Å². The van der Waals surface area contributed by atoms with Gasteiger partial charge in [-0.3, -0.25) is 5.84 Å². The first-order chi connectivity index (χ1) is 4.75. The lowest BCUT2D eigenvalue weighted by Crippen LogP contribution is -2.06. The van der Waals surface area contributed by atoms with Crippen LogP contribution in [0.2, 0.25) is 5.02 Å². The van der Waals surface area contributed by atoms with Gasteiger partial charge in [-0.15, -0.1) is 0 Å². The summed E-state index contributed by atoms with van der Waals surface area (Å²) in [7, 11) is 0. The van der Waals surface area contributed by atoms with E-state index in [4.69, 9.17) is 17.4 Å². The summed E-state index contributed by atoms with van der Waals surface area (Å²) in [6.07, 6.45) is 0. The number of hydrazine groups is 1. The third-order valence-electron chi connectivity index (χ3n) is 1.11. The summed E-state index contributed by atoms with van der Waals surface area (Å²) < 4.78 is 0.838. The van der Waals surface area contributed by atoms with Crippen molar-refractivity contribution < 1.29 is 0 Å². The third kappa shape index (κ3) is 1.42. The van der Waals surface area contributed by atoms with Crippen molar-refractivity contribution in [2.75, 3.05) is 5.43 Å². The molecule has 0 bridgehead atoms. The molecule has 0 atom stereocenters. The Morgan fingerprint density at radius 2 is 2.20 bits per heavy atom. The average Bonchev–Trinajstić information content (AvgIpc) is 1.95. The van der Waals surface area contributed by atoms with Crippen molar-refractivity contribution in [2.24, 2.45) is 5.84 Å². The summed E-state index contributed by atoms with van der Waals surface area (Å²) in [6.45, 7) is 0. The van der Waals surface area contributed by atoms with Crippen LogP contribution in [0.1, 0.15) is 0 Å². The monoisotopic (exact) mass is 220 g/mol. The molecule has 4 heteroatoms. The second-order valence-corrected chi connectivity index (χ2v) is 2.98. The average molecular weight is 221 g/mol. The number of halogens is 2. The highest BCUT2D eigenvalue weighted by atomic mass is 79.9. The number of nitrogens with one attached hydrogen (secondary N) is 1. The van der Waals surface area contributed by atoms with Crippen LogP contribution in [0.4, 0.5) is 5.69 Å². The lowest BCUT2D eigenvalue weighted by Gasteiger charge is -2.02. The Morgan fingerprint density at radius 1 is 1.50 bits per heavy atom. The molecule has 0 radical (unpaired) electrons. The summed E-state index contributed by atoms with van der Waals surface area (Å²) in [5.74, 6) is 5.16. The van der Waals surface area contributed by atoms with Crippen molar-refractivity contribution in [1.29, 1.82) is 0 Å². The minimum atomic E-state index is 0.602. The SMILES string of the molecule is NNc1cccc(Br)c1Cl. The molecular weight excluding hydrogens is 215 g/mol. The van der Waals surface area contributed by atoms with Crippen LogP contribution in [0.3, 0.4) is 0 Å². The van der Waals surface area contributed by atoms with Crippen LogP contribution in [0.15, 0.2) is 22.7 Å². The predicted octanol–water partition coefficient (Wildman–Crippen LogP) is 2.39. The van der Waals surface area contributed by atoms with Crippen molar-refractivity contribution in [3.8, 4) is 0 Å². The molecule has 0 aliphatic heterocycles. The van der Waals surface area contributed by atoms with Gasteiger partial charge in [0.2, 0.25) is 0 Å². The molecule has 0 spiro atoms. The van der Waals surface area contributed by atoms with Crippen molar-refractivity contribution >= 4 is 33.2 Å². The fourth-order valence-electron chi connectivity index (χ4n) is 0.615. The lowest BCUT2D eigenvalue weighted by molar-refractivity contribution is 1.35. The topological polar surface area (TPSA) is 38.0 Å². The molecule has 0 saturated carbocycles. The third-order valence-corrected chi connectivity index (χ3v) is 2.40. The zero-order chi connectivity index (χ0) is 7.56. The lowest BCUT2D eigenvalue weighted by atomic mass is 10.3. The van der Waals surface area contributed by atoms with Gasteiger partial charge in [0.05, 0.1) is 10.7 Å². The molecule has 1 aromatic carbocycles. The summed E-state index contributed by atoms with van der Waals surface area (Å²) in [4.78, 5) is 0. The van der Waals surface area contributed by atoms with E-state index in [1.165, 1.54) is 0 Å². The highest BCUT2D eigenvalue weighted by Gasteiger charge is 1.99. The first-order valence-electron chi connectivity index (χ1n) is 2.66. The molecule has 3 N–H and O–H groups in total. The van der Waals surface area contributed by atoms with Crippen molar-refractivity contribution in [1.82, 2.24) is 0 Å². The second kappa shape index (κ2) is 3.23. The number of rotatable bonds is 1. The maximum Gasteiger partial charge on any atom is 0.0792 e. The number of hydrogen-bond acceptors (Lipinski definition) is 2. The number of benzene rings is 1. The van der Waals surface area contributed by atoms with Gasteiger partial charge in [-0.1, -0.05) is 17.7 Å². The van der Waals surface area contributed by atoms with Crippen LogP contribution in [-0.4, -0.2) is 0 Å². The normalized spacial score (nSPS) is 9.50. The van der Waals surface area contributed by atoms with E-state index in [1.807, 2.05) is 12.1 Å². The van der Waals surface area contributed by atoms with Gasteiger partial charge in [0.15, 0.2) is 0 Å². The van der Waals surface area contributed by atoms with E-state index in [0.717, 1.165) is 10.2 Å². The van der Waals surface area contributed by atoms with Gasteiger partial charge in [0.25, 0.3) is 0 Å². The number of anilines is 1. The molecule has 0 fully saturated rings. The maximum absolute atomic E-state index is 5.80. The molecule has 0 amide bonds. The van der Waals surface area contributed by atoms with Gasteiger partial charge < -0.3 is 5.43 Å². The van der Waals surface area contributed by atoms with E-state index in [-0.39, 0.29) is 0 Å². The molecule has 0 saturated heterocycles. The van der Waals surface area contributed by atoms with Crippen LogP contribution in [-0.2, 0) is 0 Å². The molecule has 10 heavy (non-hydrogen) atoms. The highest BCUT2D eigenvalue weighted by Crippen LogP contribution is 2.28. The standard InChI is InChI=1S/C6H6BrClN2/c7-4-2-1-3-5(10-9)6(4)8/h1-3,10H,9H2. The summed E-state index contributed by atoms with van der Waals surface area (Å²) in [5, 5.41) is 0.602. The first kappa shape index (κ1) is 7.85. The van der Waals surface area contributed by atoms with Gasteiger partial charge in [-0.2, -0.15) is 0 Å². The van der Waals surface area contributed by atoms with Gasteiger partial charge in [-0.25, -0.2) is 0 Å². The minimum Gasteiger partial charge on any atom is -0.323 e. The first-order valence-corrected chi connectivity index (χ1v) is 3.83. The molecule has 2 nitrogen and oxygen atoms in total.